The summed E-state index contributed by atoms with van der Waals surface area (Å²) in [7, 11) is 0. The number of aromatic nitrogens is 2. The Kier molecular flexibility index (Phi) is 9.60. The third-order valence-electron chi connectivity index (χ3n) is 5.02. The Morgan fingerprint density at radius 1 is 1.28 bits per heavy atom. The minimum Gasteiger partial charge on any atom is -0.368 e. The number of carbonyl (C=O) groups excluding carboxylic acids is 1. The average Bonchev–Trinajstić information content (AvgIpc) is 3.39. The van der Waals surface area contributed by atoms with Gasteiger partial charge in [0.1, 0.15) is 6.10 Å². The summed E-state index contributed by atoms with van der Waals surface area (Å²) in [6.07, 6.45) is 2.20. The molecule has 0 radical (unpaired) electrons. The first-order valence-electron chi connectivity index (χ1n) is 10.3. The van der Waals surface area contributed by atoms with Gasteiger partial charge in [-0.15, -0.1) is 24.0 Å². The molecule has 0 aliphatic carbocycles. The number of carbonyl (C=O) groups is 1. The van der Waals surface area contributed by atoms with Gasteiger partial charge in [0.05, 0.1) is 6.54 Å². The number of piperazine rings is 1. The lowest BCUT2D eigenvalue weighted by Crippen LogP contribution is -2.55. The number of nitrogens with zero attached hydrogens (tertiary/aromatic N) is 5. The number of amides is 1. The monoisotopic (exact) mass is 520 g/mol. The Balaban J connectivity index is 0.00000300. The van der Waals surface area contributed by atoms with Gasteiger partial charge in [-0.2, -0.15) is 4.98 Å². The highest BCUT2D eigenvalue weighted by Gasteiger charge is 2.30. The Labute approximate surface area is 189 Å². The highest BCUT2D eigenvalue weighted by Crippen LogP contribution is 2.16. The molecule has 3 heterocycles. The molecule has 2 fully saturated rings. The van der Waals surface area contributed by atoms with Crippen molar-refractivity contribution in [2.24, 2.45) is 4.99 Å². The van der Waals surface area contributed by atoms with Crippen LogP contribution in [0.1, 0.15) is 51.2 Å². The molecule has 1 unspecified atom stereocenters. The number of rotatable bonds is 6. The van der Waals surface area contributed by atoms with E-state index in [0.29, 0.717) is 38.6 Å². The highest BCUT2D eigenvalue weighted by atomic mass is 127. The molecule has 1 atom stereocenters. The molecule has 3 rings (SSSR count). The number of hydrogen-bond donors (Lipinski definition) is 1. The first-order valence-corrected chi connectivity index (χ1v) is 10.3. The topological polar surface area (TPSA) is 96.1 Å². The smallest absolute Gasteiger partial charge is 0.251 e. The fraction of sp³-hybridized carbons (Fsp3) is 0.789. The van der Waals surface area contributed by atoms with Gasteiger partial charge in [-0.05, 0) is 19.8 Å². The average molecular weight is 520 g/mol. The molecule has 1 N–H and O–H groups in total. The van der Waals surface area contributed by atoms with Crippen molar-refractivity contribution in [3.8, 4) is 0 Å². The standard InChI is InChI=1S/C19H32N6O3.HI/c1-4-20-19(21-8-7-16-22-17(14(2)3)23-28-16)25-11-9-24(10-12-25)18(26)15-6-5-13-27-15;/h14-15H,4-13H2,1-3H3,(H,20,21);1H. The second-order valence-electron chi connectivity index (χ2n) is 7.50. The van der Waals surface area contributed by atoms with Gasteiger partial charge in [-0.25, -0.2) is 0 Å². The molecular formula is C19H33IN6O3. The van der Waals surface area contributed by atoms with Crippen LogP contribution in [0.3, 0.4) is 0 Å². The maximum atomic E-state index is 12.5. The predicted molar refractivity (Wildman–Crippen MR) is 121 cm³/mol. The van der Waals surface area contributed by atoms with Crippen LogP contribution in [0.4, 0.5) is 0 Å². The highest BCUT2D eigenvalue weighted by molar-refractivity contribution is 14.0. The molecule has 1 aromatic heterocycles. The van der Waals surface area contributed by atoms with E-state index in [1.165, 1.54) is 0 Å². The van der Waals surface area contributed by atoms with Crippen LogP contribution in [0.5, 0.6) is 0 Å². The van der Waals surface area contributed by atoms with E-state index in [-0.39, 0.29) is 41.9 Å². The van der Waals surface area contributed by atoms with Crippen molar-refractivity contribution in [2.75, 3.05) is 45.9 Å². The minimum atomic E-state index is -0.237. The van der Waals surface area contributed by atoms with Crippen molar-refractivity contribution >= 4 is 35.8 Å². The van der Waals surface area contributed by atoms with Crippen LogP contribution in [0, 0.1) is 0 Å². The quantitative estimate of drug-likeness (QED) is 0.346. The van der Waals surface area contributed by atoms with Crippen LogP contribution in [-0.4, -0.2) is 83.8 Å². The van der Waals surface area contributed by atoms with Crippen molar-refractivity contribution in [3.05, 3.63) is 11.7 Å². The molecule has 2 aliphatic rings. The van der Waals surface area contributed by atoms with Gasteiger partial charge in [0.25, 0.3) is 5.91 Å². The zero-order valence-corrected chi connectivity index (χ0v) is 19.9. The number of nitrogens with one attached hydrogen (secondary N) is 1. The predicted octanol–water partition coefficient (Wildman–Crippen LogP) is 1.64. The SMILES string of the molecule is CCNC(=NCCc1nc(C(C)C)no1)N1CCN(C(=O)C2CCCO2)CC1.I. The fourth-order valence-corrected chi connectivity index (χ4v) is 3.40. The van der Waals surface area contributed by atoms with Crippen molar-refractivity contribution in [1.29, 1.82) is 0 Å². The van der Waals surface area contributed by atoms with Crippen LogP contribution in [-0.2, 0) is 16.0 Å². The molecular weight excluding hydrogens is 487 g/mol. The van der Waals surface area contributed by atoms with Crippen molar-refractivity contribution in [1.82, 2.24) is 25.3 Å². The van der Waals surface area contributed by atoms with Gasteiger partial charge in [0, 0.05) is 51.7 Å². The molecule has 2 saturated heterocycles. The van der Waals surface area contributed by atoms with Crippen LogP contribution >= 0.6 is 24.0 Å². The summed E-state index contributed by atoms with van der Waals surface area (Å²) in [5, 5.41) is 7.33. The molecule has 0 bridgehead atoms. The van der Waals surface area contributed by atoms with E-state index in [1.54, 1.807) is 0 Å². The van der Waals surface area contributed by atoms with Crippen molar-refractivity contribution in [3.63, 3.8) is 0 Å². The molecule has 1 amide bonds. The van der Waals surface area contributed by atoms with Gasteiger partial charge in [0.15, 0.2) is 11.8 Å². The van der Waals surface area contributed by atoms with Gasteiger partial charge in [-0.1, -0.05) is 19.0 Å². The first-order chi connectivity index (χ1) is 13.6. The lowest BCUT2D eigenvalue weighted by atomic mass is 10.2. The third kappa shape index (κ3) is 6.53. The van der Waals surface area contributed by atoms with Crippen LogP contribution in [0.2, 0.25) is 0 Å². The number of aliphatic imine (C=N–C) groups is 1. The molecule has 1 aromatic rings. The maximum Gasteiger partial charge on any atom is 0.251 e. The normalized spacial score (nSPS) is 20.1. The van der Waals surface area contributed by atoms with E-state index in [2.05, 4.69) is 27.3 Å². The summed E-state index contributed by atoms with van der Waals surface area (Å²) in [6, 6.07) is 0. The van der Waals surface area contributed by atoms with Gasteiger partial charge in [0.2, 0.25) is 5.89 Å². The number of hydrogen-bond acceptors (Lipinski definition) is 6. The summed E-state index contributed by atoms with van der Waals surface area (Å²) in [5.74, 6) is 2.62. The molecule has 0 aromatic carbocycles. The van der Waals surface area contributed by atoms with Gasteiger partial charge in [-0.3, -0.25) is 9.79 Å². The minimum absolute atomic E-state index is 0. The Hall–Kier alpha value is -1.43. The van der Waals surface area contributed by atoms with Crippen molar-refractivity contribution < 1.29 is 14.1 Å². The zero-order chi connectivity index (χ0) is 19.9. The van der Waals surface area contributed by atoms with E-state index in [4.69, 9.17) is 14.3 Å². The zero-order valence-electron chi connectivity index (χ0n) is 17.6. The number of ether oxygens (including phenoxy) is 1. The Bertz CT molecular complexity index is 667. The summed E-state index contributed by atoms with van der Waals surface area (Å²) < 4.78 is 10.8. The molecule has 29 heavy (non-hydrogen) atoms. The van der Waals surface area contributed by atoms with Gasteiger partial charge < -0.3 is 24.4 Å². The summed E-state index contributed by atoms with van der Waals surface area (Å²) in [4.78, 5) is 25.7. The number of guanidine groups is 1. The fourth-order valence-electron chi connectivity index (χ4n) is 3.40. The van der Waals surface area contributed by atoms with E-state index >= 15 is 0 Å². The van der Waals surface area contributed by atoms with E-state index < -0.39 is 0 Å². The van der Waals surface area contributed by atoms with Crippen molar-refractivity contribution in [2.45, 2.75) is 52.1 Å². The maximum absolute atomic E-state index is 12.5. The van der Waals surface area contributed by atoms with Gasteiger partial charge >= 0.3 is 0 Å². The third-order valence-corrected chi connectivity index (χ3v) is 5.02. The lowest BCUT2D eigenvalue weighted by Gasteiger charge is -2.37. The van der Waals surface area contributed by atoms with E-state index in [0.717, 1.165) is 44.3 Å². The lowest BCUT2D eigenvalue weighted by molar-refractivity contribution is -0.142. The number of halogens is 1. The largest absolute Gasteiger partial charge is 0.368 e. The summed E-state index contributed by atoms with van der Waals surface area (Å²) in [6.45, 7) is 11.1. The summed E-state index contributed by atoms with van der Waals surface area (Å²) >= 11 is 0. The second kappa shape index (κ2) is 11.7. The van der Waals surface area contributed by atoms with Crippen LogP contribution < -0.4 is 5.32 Å². The Morgan fingerprint density at radius 2 is 2.00 bits per heavy atom. The first kappa shape index (κ1) is 23.8. The van der Waals surface area contributed by atoms with E-state index in [1.807, 2.05) is 18.7 Å². The Morgan fingerprint density at radius 3 is 2.59 bits per heavy atom. The molecule has 0 saturated carbocycles. The molecule has 0 spiro atoms. The van der Waals surface area contributed by atoms with E-state index in [9.17, 15) is 4.79 Å². The molecule has 10 heteroatoms. The summed E-state index contributed by atoms with van der Waals surface area (Å²) in [5.41, 5.74) is 0. The second-order valence-corrected chi connectivity index (χ2v) is 7.50. The van der Waals surface area contributed by atoms with Crippen LogP contribution in [0.15, 0.2) is 9.52 Å². The molecule has 164 valence electrons. The van der Waals surface area contributed by atoms with Crippen LogP contribution in [0.25, 0.3) is 0 Å². The molecule has 9 nitrogen and oxygen atoms in total. The molecule has 2 aliphatic heterocycles.